The highest BCUT2D eigenvalue weighted by Crippen LogP contribution is 2.29. The maximum atomic E-state index is 11.4. The van der Waals surface area contributed by atoms with Gasteiger partial charge in [0.1, 0.15) is 5.76 Å². The fourth-order valence-corrected chi connectivity index (χ4v) is 1.70. The van der Waals surface area contributed by atoms with Crippen LogP contribution < -0.4 is 0 Å². The number of hydrogen-bond acceptors (Lipinski definition) is 2. The second kappa shape index (κ2) is 4.54. The van der Waals surface area contributed by atoms with E-state index in [0.717, 1.165) is 5.56 Å². The van der Waals surface area contributed by atoms with E-state index in [4.69, 9.17) is 16.0 Å². The Labute approximate surface area is 98.8 Å². The lowest BCUT2D eigenvalue weighted by Crippen LogP contribution is -1.92. The summed E-state index contributed by atoms with van der Waals surface area (Å²) in [5.41, 5.74) is 0.805. The van der Waals surface area contributed by atoms with Gasteiger partial charge >= 0.3 is 0 Å². The Morgan fingerprint density at radius 3 is 2.69 bits per heavy atom. The van der Waals surface area contributed by atoms with E-state index in [1.807, 2.05) is 18.2 Å². The van der Waals surface area contributed by atoms with Crippen LogP contribution in [0.2, 0.25) is 5.02 Å². The standard InChI is InChI=1S/C13H11ClO2/c1-2-11(15)13-8-7-12(16-13)9-5-3-4-6-10(9)14/h3-8H,2H2,1H3. The molecule has 1 aromatic carbocycles. The topological polar surface area (TPSA) is 30.2 Å². The Hall–Kier alpha value is -1.54. The maximum Gasteiger partial charge on any atom is 0.197 e. The molecule has 1 heterocycles. The van der Waals surface area contributed by atoms with Crippen molar-refractivity contribution in [2.24, 2.45) is 0 Å². The minimum absolute atomic E-state index is 0.00157. The summed E-state index contributed by atoms with van der Waals surface area (Å²) in [6.07, 6.45) is 0.440. The molecule has 0 radical (unpaired) electrons. The summed E-state index contributed by atoms with van der Waals surface area (Å²) in [7, 11) is 0. The fourth-order valence-electron chi connectivity index (χ4n) is 1.47. The lowest BCUT2D eigenvalue weighted by atomic mass is 10.2. The molecule has 16 heavy (non-hydrogen) atoms. The normalized spacial score (nSPS) is 10.4. The number of rotatable bonds is 3. The highest BCUT2D eigenvalue weighted by Gasteiger charge is 2.11. The summed E-state index contributed by atoms with van der Waals surface area (Å²) in [4.78, 5) is 11.4. The molecule has 0 aliphatic rings. The quantitative estimate of drug-likeness (QED) is 0.746. The number of carbonyl (C=O) groups is 1. The fraction of sp³-hybridized carbons (Fsp3) is 0.154. The van der Waals surface area contributed by atoms with Crippen molar-refractivity contribution in [2.45, 2.75) is 13.3 Å². The summed E-state index contributed by atoms with van der Waals surface area (Å²) in [6, 6.07) is 10.8. The highest BCUT2D eigenvalue weighted by molar-refractivity contribution is 6.33. The minimum atomic E-state index is -0.00157. The first-order chi connectivity index (χ1) is 7.72. The molecule has 0 amide bonds. The van der Waals surface area contributed by atoms with Gasteiger partial charge in [-0.2, -0.15) is 0 Å². The molecular formula is C13H11ClO2. The van der Waals surface area contributed by atoms with Gasteiger partial charge in [-0.05, 0) is 24.3 Å². The van der Waals surface area contributed by atoms with E-state index in [9.17, 15) is 4.79 Å². The van der Waals surface area contributed by atoms with Gasteiger partial charge in [0, 0.05) is 12.0 Å². The Bertz CT molecular complexity index is 514. The molecule has 0 aliphatic carbocycles. The molecule has 2 rings (SSSR count). The summed E-state index contributed by atoms with van der Waals surface area (Å²) in [6.45, 7) is 1.81. The number of halogens is 1. The number of benzene rings is 1. The monoisotopic (exact) mass is 234 g/mol. The molecule has 0 saturated carbocycles. The third-order valence-electron chi connectivity index (χ3n) is 2.34. The average molecular weight is 235 g/mol. The first kappa shape index (κ1) is 11.0. The van der Waals surface area contributed by atoms with Crippen molar-refractivity contribution >= 4 is 17.4 Å². The zero-order valence-electron chi connectivity index (χ0n) is 8.87. The van der Waals surface area contributed by atoms with Crippen molar-refractivity contribution in [2.75, 3.05) is 0 Å². The molecule has 0 bridgehead atoms. The molecular weight excluding hydrogens is 224 g/mol. The van der Waals surface area contributed by atoms with Gasteiger partial charge in [0.05, 0.1) is 5.02 Å². The van der Waals surface area contributed by atoms with Crippen LogP contribution in [0, 0.1) is 0 Å². The van der Waals surface area contributed by atoms with Crippen LogP contribution in [0.5, 0.6) is 0 Å². The first-order valence-electron chi connectivity index (χ1n) is 5.10. The Morgan fingerprint density at radius 1 is 1.25 bits per heavy atom. The highest BCUT2D eigenvalue weighted by atomic mass is 35.5. The molecule has 1 aromatic heterocycles. The van der Waals surface area contributed by atoms with Crippen molar-refractivity contribution in [1.29, 1.82) is 0 Å². The second-order valence-electron chi connectivity index (χ2n) is 3.42. The molecule has 0 saturated heterocycles. The molecule has 0 aliphatic heterocycles. The van der Waals surface area contributed by atoms with Crippen molar-refractivity contribution < 1.29 is 9.21 Å². The molecule has 2 nitrogen and oxygen atoms in total. The van der Waals surface area contributed by atoms with Crippen LogP contribution in [0.3, 0.4) is 0 Å². The number of carbonyl (C=O) groups excluding carboxylic acids is 1. The minimum Gasteiger partial charge on any atom is -0.453 e. The molecule has 0 unspecified atom stereocenters. The van der Waals surface area contributed by atoms with E-state index >= 15 is 0 Å². The maximum absolute atomic E-state index is 11.4. The average Bonchev–Trinajstić information content (AvgIpc) is 2.78. The molecule has 2 aromatic rings. The van der Waals surface area contributed by atoms with E-state index in [-0.39, 0.29) is 5.78 Å². The SMILES string of the molecule is CCC(=O)c1ccc(-c2ccccc2Cl)o1. The molecule has 0 N–H and O–H groups in total. The largest absolute Gasteiger partial charge is 0.453 e. The van der Waals surface area contributed by atoms with Crippen molar-refractivity contribution in [3.8, 4) is 11.3 Å². The number of furan rings is 1. The molecule has 0 atom stereocenters. The molecule has 3 heteroatoms. The van der Waals surface area contributed by atoms with E-state index in [0.29, 0.717) is 23.0 Å². The van der Waals surface area contributed by atoms with Crippen LogP contribution >= 0.6 is 11.6 Å². The number of hydrogen-bond donors (Lipinski definition) is 0. The lowest BCUT2D eigenvalue weighted by molar-refractivity contribution is 0.0962. The van der Waals surface area contributed by atoms with Gasteiger partial charge < -0.3 is 4.42 Å². The van der Waals surface area contributed by atoms with Crippen LogP contribution in [0.15, 0.2) is 40.8 Å². The van der Waals surface area contributed by atoms with Crippen molar-refractivity contribution in [3.05, 3.63) is 47.2 Å². The Kier molecular flexibility index (Phi) is 3.11. The van der Waals surface area contributed by atoms with Crippen LogP contribution in [0.25, 0.3) is 11.3 Å². The summed E-state index contributed by atoms with van der Waals surface area (Å²) < 4.78 is 5.47. The van der Waals surface area contributed by atoms with Gasteiger partial charge in [0.15, 0.2) is 11.5 Å². The summed E-state index contributed by atoms with van der Waals surface area (Å²) in [5, 5.41) is 0.618. The van der Waals surface area contributed by atoms with E-state index in [1.165, 1.54) is 0 Å². The Morgan fingerprint density at radius 2 is 2.00 bits per heavy atom. The van der Waals surface area contributed by atoms with Gasteiger partial charge in [-0.1, -0.05) is 30.7 Å². The summed E-state index contributed by atoms with van der Waals surface area (Å²) >= 11 is 6.04. The van der Waals surface area contributed by atoms with Gasteiger partial charge in [0.2, 0.25) is 0 Å². The lowest BCUT2D eigenvalue weighted by Gasteiger charge is -1.99. The molecule has 0 fully saturated rings. The van der Waals surface area contributed by atoms with Gasteiger partial charge in [-0.15, -0.1) is 0 Å². The zero-order valence-corrected chi connectivity index (χ0v) is 9.62. The summed E-state index contributed by atoms with van der Waals surface area (Å²) in [5.74, 6) is 1.01. The van der Waals surface area contributed by atoms with Gasteiger partial charge in [-0.25, -0.2) is 0 Å². The first-order valence-corrected chi connectivity index (χ1v) is 5.48. The molecule has 0 spiro atoms. The third kappa shape index (κ3) is 2.02. The van der Waals surface area contributed by atoms with E-state index in [1.54, 1.807) is 25.1 Å². The second-order valence-corrected chi connectivity index (χ2v) is 3.83. The number of ketones is 1. The molecule has 82 valence electrons. The smallest absolute Gasteiger partial charge is 0.197 e. The number of Topliss-reactive ketones (excluding diaryl/α,β-unsaturated/α-hetero) is 1. The Balaban J connectivity index is 2.39. The van der Waals surface area contributed by atoms with Crippen LogP contribution in [0.1, 0.15) is 23.9 Å². The van der Waals surface area contributed by atoms with Crippen LogP contribution in [-0.4, -0.2) is 5.78 Å². The third-order valence-corrected chi connectivity index (χ3v) is 2.67. The van der Waals surface area contributed by atoms with E-state index in [2.05, 4.69) is 0 Å². The van der Waals surface area contributed by atoms with Crippen molar-refractivity contribution in [1.82, 2.24) is 0 Å². The predicted octanol–water partition coefficient (Wildman–Crippen LogP) is 4.19. The van der Waals surface area contributed by atoms with Crippen LogP contribution in [-0.2, 0) is 0 Å². The van der Waals surface area contributed by atoms with Gasteiger partial charge in [0.25, 0.3) is 0 Å². The van der Waals surface area contributed by atoms with Crippen molar-refractivity contribution in [3.63, 3.8) is 0 Å². The van der Waals surface area contributed by atoms with E-state index < -0.39 is 0 Å². The predicted molar refractivity (Wildman–Crippen MR) is 63.8 cm³/mol. The van der Waals surface area contributed by atoms with Gasteiger partial charge in [-0.3, -0.25) is 4.79 Å². The van der Waals surface area contributed by atoms with Crippen LogP contribution in [0.4, 0.5) is 0 Å². The zero-order chi connectivity index (χ0) is 11.5.